The Morgan fingerprint density at radius 2 is 1.37 bits per heavy atom. The molecular formula is C20H38N4O5S. The fourth-order valence-corrected chi connectivity index (χ4v) is 3.24. The molecule has 0 radical (unpaired) electrons. The van der Waals surface area contributed by atoms with E-state index < -0.39 is 47.9 Å². The van der Waals surface area contributed by atoms with E-state index in [0.29, 0.717) is 18.6 Å². The Hall–Kier alpha value is -1.81. The average molecular weight is 447 g/mol. The van der Waals surface area contributed by atoms with Gasteiger partial charge in [0, 0.05) is 0 Å². The van der Waals surface area contributed by atoms with Gasteiger partial charge in [-0.15, -0.1) is 0 Å². The van der Waals surface area contributed by atoms with Crippen LogP contribution in [0.5, 0.6) is 0 Å². The first-order chi connectivity index (χ1) is 13.9. The van der Waals surface area contributed by atoms with Gasteiger partial charge in [-0.1, -0.05) is 27.7 Å². The number of hydrogen-bond donors (Lipinski definition) is 5. The Balaban J connectivity index is 5.01. The summed E-state index contributed by atoms with van der Waals surface area (Å²) in [6.07, 6.45) is 3.00. The molecule has 0 aromatic heterocycles. The normalized spacial score (nSPS) is 15.2. The zero-order valence-electron chi connectivity index (χ0n) is 18.9. The van der Waals surface area contributed by atoms with Crippen LogP contribution in [0.15, 0.2) is 0 Å². The van der Waals surface area contributed by atoms with Crippen LogP contribution in [0.25, 0.3) is 0 Å². The third-order valence-corrected chi connectivity index (χ3v) is 5.02. The molecule has 0 bridgehead atoms. The predicted octanol–water partition coefficient (Wildman–Crippen LogP) is 0.718. The maximum Gasteiger partial charge on any atom is 0.326 e. The third kappa shape index (κ3) is 11.4. The van der Waals surface area contributed by atoms with Crippen LogP contribution in [0.3, 0.4) is 0 Å². The topological polar surface area (TPSA) is 151 Å². The van der Waals surface area contributed by atoms with Gasteiger partial charge in [0.25, 0.3) is 0 Å². The lowest BCUT2D eigenvalue weighted by molar-refractivity contribution is -0.142. The van der Waals surface area contributed by atoms with E-state index in [4.69, 9.17) is 5.73 Å². The van der Waals surface area contributed by atoms with E-state index in [0.717, 1.165) is 0 Å². The number of aliphatic carboxylic acids is 1. The molecule has 0 aliphatic rings. The first-order valence-corrected chi connectivity index (χ1v) is 11.7. The molecule has 3 amide bonds. The maximum atomic E-state index is 12.7. The van der Waals surface area contributed by atoms with Crippen molar-refractivity contribution in [1.82, 2.24) is 16.0 Å². The molecule has 4 atom stereocenters. The van der Waals surface area contributed by atoms with Crippen LogP contribution in [-0.4, -0.2) is 65.0 Å². The second-order valence-corrected chi connectivity index (χ2v) is 9.32. The van der Waals surface area contributed by atoms with Crippen LogP contribution >= 0.6 is 11.8 Å². The average Bonchev–Trinajstić information content (AvgIpc) is 2.62. The summed E-state index contributed by atoms with van der Waals surface area (Å²) in [5.74, 6) is -1.70. The van der Waals surface area contributed by atoms with E-state index in [1.54, 1.807) is 0 Å². The zero-order chi connectivity index (χ0) is 23.4. The highest BCUT2D eigenvalue weighted by Crippen LogP contribution is 2.08. The Labute approximate surface area is 183 Å². The minimum Gasteiger partial charge on any atom is -0.480 e. The third-order valence-electron chi connectivity index (χ3n) is 4.38. The summed E-state index contributed by atoms with van der Waals surface area (Å²) in [5, 5.41) is 16.9. The summed E-state index contributed by atoms with van der Waals surface area (Å²) >= 11 is 1.48. The number of carbonyl (C=O) groups is 4. The second-order valence-electron chi connectivity index (χ2n) is 8.34. The van der Waals surface area contributed by atoms with Gasteiger partial charge >= 0.3 is 5.97 Å². The van der Waals surface area contributed by atoms with Gasteiger partial charge in [-0.2, -0.15) is 11.8 Å². The van der Waals surface area contributed by atoms with E-state index in [-0.39, 0.29) is 18.3 Å². The highest BCUT2D eigenvalue weighted by atomic mass is 32.2. The molecule has 0 spiro atoms. The van der Waals surface area contributed by atoms with Crippen molar-refractivity contribution in [1.29, 1.82) is 0 Å². The second kappa shape index (κ2) is 14.2. The van der Waals surface area contributed by atoms with Gasteiger partial charge in [0.2, 0.25) is 17.7 Å². The summed E-state index contributed by atoms with van der Waals surface area (Å²) in [6, 6.07) is -3.53. The van der Waals surface area contributed by atoms with E-state index in [9.17, 15) is 24.3 Å². The van der Waals surface area contributed by atoms with E-state index in [2.05, 4.69) is 16.0 Å². The van der Waals surface area contributed by atoms with Gasteiger partial charge in [0.05, 0.1) is 6.04 Å². The SMILES string of the molecule is CSCCC(NC(=O)C(C)NC(=O)C(CC(C)C)NC(=O)C(N)CC(C)C)C(=O)O. The molecule has 30 heavy (non-hydrogen) atoms. The smallest absolute Gasteiger partial charge is 0.326 e. The quantitative estimate of drug-likeness (QED) is 0.264. The highest BCUT2D eigenvalue weighted by molar-refractivity contribution is 7.98. The molecule has 0 fully saturated rings. The van der Waals surface area contributed by atoms with Crippen LogP contribution < -0.4 is 21.7 Å². The monoisotopic (exact) mass is 446 g/mol. The molecule has 0 saturated carbocycles. The van der Waals surface area contributed by atoms with Crippen molar-refractivity contribution < 1.29 is 24.3 Å². The fraction of sp³-hybridized carbons (Fsp3) is 0.800. The molecule has 6 N–H and O–H groups in total. The highest BCUT2D eigenvalue weighted by Gasteiger charge is 2.28. The largest absolute Gasteiger partial charge is 0.480 e. The molecule has 10 heteroatoms. The Kier molecular flexibility index (Phi) is 13.4. The Morgan fingerprint density at radius 1 is 0.833 bits per heavy atom. The molecular weight excluding hydrogens is 408 g/mol. The lowest BCUT2D eigenvalue weighted by atomic mass is 10.0. The van der Waals surface area contributed by atoms with Crippen molar-refractivity contribution in [2.75, 3.05) is 12.0 Å². The van der Waals surface area contributed by atoms with Gasteiger partial charge in [0.1, 0.15) is 18.1 Å². The molecule has 9 nitrogen and oxygen atoms in total. The lowest BCUT2D eigenvalue weighted by Gasteiger charge is -2.25. The molecule has 4 unspecified atom stereocenters. The van der Waals surface area contributed by atoms with Gasteiger partial charge in [-0.25, -0.2) is 4.79 Å². The Bertz CT molecular complexity index is 586. The van der Waals surface area contributed by atoms with Crippen LogP contribution in [-0.2, 0) is 19.2 Å². The van der Waals surface area contributed by atoms with E-state index in [1.165, 1.54) is 18.7 Å². The van der Waals surface area contributed by atoms with Crippen molar-refractivity contribution in [2.45, 2.75) is 78.0 Å². The van der Waals surface area contributed by atoms with Crippen LogP contribution in [0.2, 0.25) is 0 Å². The van der Waals surface area contributed by atoms with Crippen molar-refractivity contribution in [3.63, 3.8) is 0 Å². The summed E-state index contributed by atoms with van der Waals surface area (Å²) in [4.78, 5) is 48.7. The zero-order valence-corrected chi connectivity index (χ0v) is 19.7. The molecule has 0 aromatic rings. The minimum absolute atomic E-state index is 0.120. The van der Waals surface area contributed by atoms with Gasteiger partial charge in [-0.3, -0.25) is 14.4 Å². The molecule has 0 aliphatic heterocycles. The standard InChI is InChI=1S/C20H38N4O5S/c1-11(2)9-14(21)18(26)24-16(10-12(3)4)19(27)22-13(5)17(25)23-15(20(28)29)7-8-30-6/h11-16H,7-10,21H2,1-6H3,(H,22,27)(H,23,25)(H,24,26)(H,28,29). The van der Waals surface area contributed by atoms with Crippen LogP contribution in [0, 0.1) is 11.8 Å². The van der Waals surface area contributed by atoms with Gasteiger partial charge in [-0.05, 0) is 50.0 Å². The number of nitrogens with two attached hydrogens (primary N) is 1. The fourth-order valence-electron chi connectivity index (χ4n) is 2.77. The van der Waals surface area contributed by atoms with Gasteiger partial charge < -0.3 is 26.8 Å². The number of carboxylic acids is 1. The number of amides is 3. The number of carboxylic acid groups (broad SMARTS) is 1. The molecule has 0 heterocycles. The van der Waals surface area contributed by atoms with Crippen LogP contribution in [0.4, 0.5) is 0 Å². The van der Waals surface area contributed by atoms with Crippen molar-refractivity contribution >= 4 is 35.5 Å². The number of nitrogens with one attached hydrogen (secondary N) is 3. The summed E-state index contributed by atoms with van der Waals surface area (Å²) in [7, 11) is 0. The predicted molar refractivity (Wildman–Crippen MR) is 119 cm³/mol. The van der Waals surface area contributed by atoms with Gasteiger partial charge in [0.15, 0.2) is 0 Å². The molecule has 0 saturated heterocycles. The van der Waals surface area contributed by atoms with Crippen molar-refractivity contribution in [3.8, 4) is 0 Å². The molecule has 0 rings (SSSR count). The maximum absolute atomic E-state index is 12.7. The minimum atomic E-state index is -1.12. The summed E-state index contributed by atoms with van der Waals surface area (Å²) in [5.41, 5.74) is 5.90. The van der Waals surface area contributed by atoms with Crippen molar-refractivity contribution in [3.05, 3.63) is 0 Å². The molecule has 0 aliphatic carbocycles. The van der Waals surface area contributed by atoms with E-state index in [1.807, 2.05) is 34.0 Å². The molecule has 174 valence electrons. The first-order valence-electron chi connectivity index (χ1n) is 10.3. The number of carbonyl (C=O) groups excluding carboxylic acids is 3. The number of thioether (sulfide) groups is 1. The lowest BCUT2D eigenvalue weighted by Crippen LogP contribution is -2.56. The van der Waals surface area contributed by atoms with E-state index >= 15 is 0 Å². The van der Waals surface area contributed by atoms with Crippen LogP contribution in [0.1, 0.15) is 53.9 Å². The Morgan fingerprint density at radius 3 is 1.83 bits per heavy atom. The number of rotatable bonds is 14. The number of hydrogen-bond acceptors (Lipinski definition) is 6. The first kappa shape index (κ1) is 28.2. The molecule has 0 aromatic carbocycles. The summed E-state index contributed by atoms with van der Waals surface area (Å²) < 4.78 is 0. The van der Waals surface area contributed by atoms with Crippen molar-refractivity contribution in [2.24, 2.45) is 17.6 Å². The summed E-state index contributed by atoms with van der Waals surface area (Å²) in [6.45, 7) is 9.21.